The fraction of sp³-hybridized carbons (Fsp3) is 0.364. The van der Waals surface area contributed by atoms with E-state index in [0.29, 0.717) is 6.54 Å². The van der Waals surface area contributed by atoms with Crippen LogP contribution >= 0.6 is 0 Å². The van der Waals surface area contributed by atoms with Gasteiger partial charge in [0.15, 0.2) is 0 Å². The van der Waals surface area contributed by atoms with Gasteiger partial charge in [-0.05, 0) is 60.0 Å². The van der Waals surface area contributed by atoms with E-state index in [1.165, 1.54) is 5.56 Å². The second kappa shape index (κ2) is 8.94. The lowest BCUT2D eigenvalue weighted by atomic mass is 9.96. The van der Waals surface area contributed by atoms with Gasteiger partial charge in [-0.2, -0.15) is 4.68 Å². The molecule has 1 fully saturated rings. The molecule has 1 aromatic heterocycles. The van der Waals surface area contributed by atoms with Crippen LogP contribution in [0.25, 0.3) is 5.69 Å². The highest BCUT2D eigenvalue weighted by atomic mass is 16.5. The molecular formula is C22H26N6O2. The Balaban J connectivity index is 1.32. The number of benzene rings is 2. The number of amides is 1. The van der Waals surface area contributed by atoms with Crippen molar-refractivity contribution < 1.29 is 9.53 Å². The summed E-state index contributed by atoms with van der Waals surface area (Å²) in [6, 6.07) is 15.8. The largest absolute Gasteiger partial charge is 0.497 e. The standard InChI is InChI=1S/C22H26N6O2/c1-16-3-7-19(8-4-16)28-22(24-25-26-28)27-13-11-18(12-14-27)21(29)23-15-17-5-9-20(30-2)10-6-17/h3-10,18H,11-15H2,1-2H3,(H,23,29). The molecule has 0 saturated carbocycles. The molecule has 1 aliphatic heterocycles. The third kappa shape index (κ3) is 4.42. The SMILES string of the molecule is COc1ccc(CNC(=O)C2CCN(c3nnnn3-c3ccc(C)cc3)CC2)cc1. The number of piperidine rings is 1. The Morgan fingerprint density at radius 3 is 2.47 bits per heavy atom. The smallest absolute Gasteiger partial charge is 0.250 e. The van der Waals surface area contributed by atoms with Crippen molar-refractivity contribution in [2.24, 2.45) is 5.92 Å². The average molecular weight is 406 g/mol. The van der Waals surface area contributed by atoms with Gasteiger partial charge in [0.2, 0.25) is 11.9 Å². The Morgan fingerprint density at radius 2 is 1.80 bits per heavy atom. The molecule has 0 bridgehead atoms. The van der Waals surface area contributed by atoms with E-state index in [-0.39, 0.29) is 11.8 Å². The maximum Gasteiger partial charge on any atom is 0.250 e. The van der Waals surface area contributed by atoms with Crippen molar-refractivity contribution in [2.75, 3.05) is 25.1 Å². The quantitative estimate of drug-likeness (QED) is 0.677. The Labute approximate surface area is 175 Å². The number of aromatic nitrogens is 4. The van der Waals surface area contributed by atoms with Gasteiger partial charge in [0.1, 0.15) is 5.75 Å². The van der Waals surface area contributed by atoms with Crippen LogP contribution in [0.5, 0.6) is 5.75 Å². The summed E-state index contributed by atoms with van der Waals surface area (Å²) in [5, 5.41) is 15.3. The van der Waals surface area contributed by atoms with Crippen molar-refractivity contribution in [3.63, 3.8) is 0 Å². The lowest BCUT2D eigenvalue weighted by Crippen LogP contribution is -2.41. The molecule has 8 nitrogen and oxygen atoms in total. The number of nitrogens with zero attached hydrogens (tertiary/aromatic N) is 5. The van der Waals surface area contributed by atoms with Crippen molar-refractivity contribution in [1.82, 2.24) is 25.5 Å². The molecule has 0 spiro atoms. The number of anilines is 1. The summed E-state index contributed by atoms with van der Waals surface area (Å²) in [5.41, 5.74) is 3.17. The van der Waals surface area contributed by atoms with E-state index in [0.717, 1.165) is 48.9 Å². The number of tetrazole rings is 1. The van der Waals surface area contributed by atoms with Gasteiger partial charge < -0.3 is 15.0 Å². The van der Waals surface area contributed by atoms with Crippen LogP contribution in [0.3, 0.4) is 0 Å². The third-order valence-electron chi connectivity index (χ3n) is 5.51. The van der Waals surface area contributed by atoms with Crippen LogP contribution in [0.1, 0.15) is 24.0 Å². The third-order valence-corrected chi connectivity index (χ3v) is 5.51. The number of carbonyl (C=O) groups is 1. The first-order valence-corrected chi connectivity index (χ1v) is 10.1. The van der Waals surface area contributed by atoms with Crippen LogP contribution in [-0.2, 0) is 11.3 Å². The van der Waals surface area contributed by atoms with Gasteiger partial charge in [0.05, 0.1) is 12.8 Å². The van der Waals surface area contributed by atoms with Crippen molar-refractivity contribution in [3.05, 3.63) is 59.7 Å². The minimum Gasteiger partial charge on any atom is -0.497 e. The minimum atomic E-state index is 0.00297. The van der Waals surface area contributed by atoms with Gasteiger partial charge in [-0.25, -0.2) is 0 Å². The molecule has 2 heterocycles. The van der Waals surface area contributed by atoms with E-state index < -0.39 is 0 Å². The van der Waals surface area contributed by atoms with Crippen molar-refractivity contribution in [3.8, 4) is 11.4 Å². The van der Waals surface area contributed by atoms with Crippen LogP contribution in [0.2, 0.25) is 0 Å². The highest BCUT2D eigenvalue weighted by molar-refractivity contribution is 5.79. The van der Waals surface area contributed by atoms with E-state index >= 15 is 0 Å². The molecular weight excluding hydrogens is 380 g/mol. The summed E-state index contributed by atoms with van der Waals surface area (Å²) in [6.45, 7) is 4.06. The van der Waals surface area contributed by atoms with Gasteiger partial charge >= 0.3 is 0 Å². The Kier molecular flexibility index (Phi) is 5.92. The van der Waals surface area contributed by atoms with Gasteiger partial charge in [0, 0.05) is 25.6 Å². The fourth-order valence-corrected chi connectivity index (χ4v) is 3.65. The first kappa shape index (κ1) is 19.9. The molecule has 0 aliphatic carbocycles. The molecule has 1 N–H and O–H groups in total. The predicted molar refractivity (Wildman–Crippen MR) is 114 cm³/mol. The highest BCUT2D eigenvalue weighted by Crippen LogP contribution is 2.23. The second-order valence-corrected chi connectivity index (χ2v) is 7.55. The Morgan fingerprint density at radius 1 is 1.10 bits per heavy atom. The van der Waals surface area contributed by atoms with E-state index in [1.54, 1.807) is 11.8 Å². The van der Waals surface area contributed by atoms with Crippen LogP contribution in [-0.4, -0.2) is 46.3 Å². The number of methoxy groups -OCH3 is 1. The van der Waals surface area contributed by atoms with Gasteiger partial charge in [-0.1, -0.05) is 34.9 Å². The number of hydrogen-bond donors (Lipinski definition) is 1. The molecule has 1 aliphatic rings. The molecule has 8 heteroatoms. The fourth-order valence-electron chi connectivity index (χ4n) is 3.65. The molecule has 0 atom stereocenters. The molecule has 30 heavy (non-hydrogen) atoms. The first-order chi connectivity index (χ1) is 14.6. The number of nitrogens with one attached hydrogen (secondary N) is 1. The number of hydrogen-bond acceptors (Lipinski definition) is 6. The zero-order valence-corrected chi connectivity index (χ0v) is 17.3. The molecule has 156 valence electrons. The zero-order valence-electron chi connectivity index (χ0n) is 17.3. The summed E-state index contributed by atoms with van der Waals surface area (Å²) in [4.78, 5) is 14.8. The lowest BCUT2D eigenvalue weighted by molar-refractivity contribution is -0.125. The lowest BCUT2D eigenvalue weighted by Gasteiger charge is -2.31. The van der Waals surface area contributed by atoms with Crippen molar-refractivity contribution >= 4 is 11.9 Å². The second-order valence-electron chi connectivity index (χ2n) is 7.55. The zero-order chi connectivity index (χ0) is 20.9. The van der Waals surface area contributed by atoms with Crippen molar-refractivity contribution in [1.29, 1.82) is 0 Å². The molecule has 3 aromatic rings. The van der Waals surface area contributed by atoms with Gasteiger partial charge in [0.25, 0.3) is 0 Å². The number of aryl methyl sites for hydroxylation is 1. The van der Waals surface area contributed by atoms with Crippen molar-refractivity contribution in [2.45, 2.75) is 26.3 Å². The molecule has 0 radical (unpaired) electrons. The predicted octanol–water partition coefficient (Wildman–Crippen LogP) is 2.51. The van der Waals surface area contributed by atoms with Crippen LogP contribution in [0.4, 0.5) is 5.95 Å². The van der Waals surface area contributed by atoms with Crippen LogP contribution in [0, 0.1) is 12.8 Å². The molecule has 2 aromatic carbocycles. The summed E-state index contributed by atoms with van der Waals surface area (Å²) in [5.74, 6) is 1.63. The highest BCUT2D eigenvalue weighted by Gasteiger charge is 2.27. The van der Waals surface area contributed by atoms with E-state index in [9.17, 15) is 4.79 Å². The minimum absolute atomic E-state index is 0.00297. The maximum absolute atomic E-state index is 12.6. The average Bonchev–Trinajstić information content (AvgIpc) is 3.28. The summed E-state index contributed by atoms with van der Waals surface area (Å²) < 4.78 is 6.92. The number of ether oxygens (including phenoxy) is 1. The van der Waals surface area contributed by atoms with E-state index in [2.05, 4.69) is 32.7 Å². The van der Waals surface area contributed by atoms with E-state index in [1.807, 2.05) is 48.5 Å². The molecule has 4 rings (SSSR count). The van der Waals surface area contributed by atoms with Gasteiger partial charge in [-0.15, -0.1) is 0 Å². The summed E-state index contributed by atoms with van der Waals surface area (Å²) >= 11 is 0. The van der Waals surface area contributed by atoms with Gasteiger partial charge in [-0.3, -0.25) is 4.79 Å². The van der Waals surface area contributed by atoms with E-state index in [4.69, 9.17) is 4.74 Å². The normalized spacial score (nSPS) is 14.5. The topological polar surface area (TPSA) is 85.2 Å². The number of carbonyl (C=O) groups excluding carboxylic acids is 1. The Hall–Kier alpha value is -3.42. The summed E-state index contributed by atoms with van der Waals surface area (Å²) in [7, 11) is 1.64. The Bertz CT molecular complexity index is 976. The monoisotopic (exact) mass is 406 g/mol. The number of rotatable bonds is 6. The molecule has 0 unspecified atom stereocenters. The molecule has 1 saturated heterocycles. The summed E-state index contributed by atoms with van der Waals surface area (Å²) in [6.07, 6.45) is 1.55. The first-order valence-electron chi connectivity index (χ1n) is 10.1. The van der Waals surface area contributed by atoms with Crippen LogP contribution < -0.4 is 15.0 Å². The van der Waals surface area contributed by atoms with Crippen LogP contribution in [0.15, 0.2) is 48.5 Å². The maximum atomic E-state index is 12.6. The molecule has 1 amide bonds.